The minimum Gasteiger partial charge on any atom is -0.313 e. The van der Waals surface area contributed by atoms with Gasteiger partial charge >= 0.3 is 0 Å². The lowest BCUT2D eigenvalue weighted by Crippen LogP contribution is -2.13. The number of nitrogens with one attached hydrogen (secondary N) is 1. The van der Waals surface area contributed by atoms with Gasteiger partial charge in [-0.05, 0) is 35.7 Å². The van der Waals surface area contributed by atoms with E-state index in [1.807, 2.05) is 30.9 Å². The molecule has 2 rings (SSSR count). The van der Waals surface area contributed by atoms with E-state index in [1.165, 1.54) is 6.07 Å². The summed E-state index contributed by atoms with van der Waals surface area (Å²) in [6.07, 6.45) is 2.01. The summed E-state index contributed by atoms with van der Waals surface area (Å²) in [4.78, 5) is 0. The molecule has 0 aliphatic rings. The summed E-state index contributed by atoms with van der Waals surface area (Å²) >= 11 is 0. The van der Waals surface area contributed by atoms with Crippen LogP contribution in [-0.4, -0.2) is 16.3 Å². The number of benzene rings is 1. The third-order valence-corrected chi connectivity index (χ3v) is 3.33. The Bertz CT molecular complexity index is 587. The van der Waals surface area contributed by atoms with Gasteiger partial charge in [0.1, 0.15) is 5.82 Å². The summed E-state index contributed by atoms with van der Waals surface area (Å²) in [7, 11) is 1.92. The lowest BCUT2D eigenvalue weighted by atomic mass is 9.96. The van der Waals surface area contributed by atoms with Gasteiger partial charge in [0.05, 0.1) is 5.69 Å². The predicted octanol–water partition coefficient (Wildman–Crippen LogP) is 3.46. The summed E-state index contributed by atoms with van der Waals surface area (Å²) in [6, 6.07) is 4.97. The highest BCUT2D eigenvalue weighted by atomic mass is 19.1. The highest BCUT2D eigenvalue weighted by molar-refractivity contribution is 5.69. The van der Waals surface area contributed by atoms with Gasteiger partial charge in [-0.3, -0.25) is 4.68 Å². The van der Waals surface area contributed by atoms with Crippen molar-refractivity contribution in [2.75, 3.05) is 6.54 Å². The van der Waals surface area contributed by atoms with Crippen LogP contribution in [0.4, 0.5) is 4.39 Å². The van der Waals surface area contributed by atoms with Gasteiger partial charge in [0.2, 0.25) is 0 Å². The van der Waals surface area contributed by atoms with Crippen LogP contribution >= 0.6 is 0 Å². The van der Waals surface area contributed by atoms with E-state index in [4.69, 9.17) is 0 Å². The fourth-order valence-corrected chi connectivity index (χ4v) is 2.37. The Kier molecular flexibility index (Phi) is 4.55. The topological polar surface area (TPSA) is 29.9 Å². The van der Waals surface area contributed by atoms with Crippen LogP contribution < -0.4 is 5.32 Å². The third kappa shape index (κ3) is 3.07. The molecule has 0 atom stereocenters. The largest absolute Gasteiger partial charge is 0.313 e. The molecule has 0 saturated carbocycles. The van der Waals surface area contributed by atoms with Crippen molar-refractivity contribution in [2.45, 2.75) is 33.2 Å². The maximum atomic E-state index is 13.5. The van der Waals surface area contributed by atoms with Crippen LogP contribution in [0.1, 0.15) is 37.9 Å². The Balaban J connectivity index is 2.51. The number of halogens is 1. The molecule has 0 unspecified atom stereocenters. The molecule has 0 saturated heterocycles. The molecular formula is C16H22FN3. The van der Waals surface area contributed by atoms with E-state index in [2.05, 4.69) is 24.3 Å². The monoisotopic (exact) mass is 275 g/mol. The van der Waals surface area contributed by atoms with Gasteiger partial charge in [0, 0.05) is 25.4 Å². The molecule has 0 fully saturated rings. The van der Waals surface area contributed by atoms with Crippen LogP contribution in [0.5, 0.6) is 0 Å². The van der Waals surface area contributed by atoms with E-state index in [-0.39, 0.29) is 5.82 Å². The Morgan fingerprint density at radius 1 is 1.30 bits per heavy atom. The van der Waals surface area contributed by atoms with E-state index in [9.17, 15) is 4.39 Å². The molecule has 1 aromatic carbocycles. The molecule has 3 nitrogen and oxygen atoms in total. The molecule has 1 aromatic heterocycles. The van der Waals surface area contributed by atoms with Gasteiger partial charge in [0.25, 0.3) is 0 Å². The Hall–Kier alpha value is -1.68. The molecule has 0 aliphatic heterocycles. The fourth-order valence-electron chi connectivity index (χ4n) is 2.37. The van der Waals surface area contributed by atoms with Crippen molar-refractivity contribution in [3.8, 4) is 11.1 Å². The number of nitrogens with zero attached hydrogens (tertiary/aromatic N) is 2. The maximum Gasteiger partial charge on any atom is 0.123 e. The van der Waals surface area contributed by atoms with Crippen molar-refractivity contribution in [3.63, 3.8) is 0 Å². The average Bonchev–Trinajstić information content (AvgIpc) is 2.78. The number of rotatable bonds is 5. The summed E-state index contributed by atoms with van der Waals surface area (Å²) < 4.78 is 15.3. The predicted molar refractivity (Wildman–Crippen MR) is 80.1 cm³/mol. The lowest BCUT2D eigenvalue weighted by Gasteiger charge is -2.11. The maximum absolute atomic E-state index is 13.5. The standard InChI is InChI=1S/C16H22FN3/c1-5-18-9-12-8-13(17)6-7-14(12)15-10-20(4)19-16(15)11(2)3/h6-8,10-11,18H,5,9H2,1-4H3. The zero-order valence-electron chi connectivity index (χ0n) is 12.6. The number of aromatic nitrogens is 2. The van der Waals surface area contributed by atoms with E-state index in [0.717, 1.165) is 28.9 Å². The zero-order chi connectivity index (χ0) is 14.7. The first kappa shape index (κ1) is 14.7. The second-order valence-electron chi connectivity index (χ2n) is 5.34. The van der Waals surface area contributed by atoms with Gasteiger partial charge in [-0.2, -0.15) is 5.10 Å². The average molecular weight is 275 g/mol. The second-order valence-corrected chi connectivity index (χ2v) is 5.34. The smallest absolute Gasteiger partial charge is 0.123 e. The number of aryl methyl sites for hydroxylation is 1. The Morgan fingerprint density at radius 3 is 2.70 bits per heavy atom. The van der Waals surface area contributed by atoms with Crippen LogP contribution in [0.2, 0.25) is 0 Å². The van der Waals surface area contributed by atoms with E-state index in [1.54, 1.807) is 6.07 Å². The van der Waals surface area contributed by atoms with Gasteiger partial charge in [-0.15, -0.1) is 0 Å². The fraction of sp³-hybridized carbons (Fsp3) is 0.438. The summed E-state index contributed by atoms with van der Waals surface area (Å²) in [5.41, 5.74) is 4.18. The normalized spacial score (nSPS) is 11.3. The van der Waals surface area contributed by atoms with Crippen LogP contribution in [0.25, 0.3) is 11.1 Å². The molecule has 20 heavy (non-hydrogen) atoms. The molecule has 0 bridgehead atoms. The Labute approximate surface area is 119 Å². The van der Waals surface area contributed by atoms with Crippen molar-refractivity contribution in [1.29, 1.82) is 0 Å². The first-order chi connectivity index (χ1) is 9.52. The van der Waals surface area contributed by atoms with E-state index >= 15 is 0 Å². The summed E-state index contributed by atoms with van der Waals surface area (Å²) in [5, 5.41) is 7.80. The molecule has 0 aliphatic carbocycles. The molecule has 1 N–H and O–H groups in total. The lowest BCUT2D eigenvalue weighted by molar-refractivity contribution is 0.622. The Morgan fingerprint density at radius 2 is 2.05 bits per heavy atom. The molecule has 1 heterocycles. The quantitative estimate of drug-likeness (QED) is 0.905. The van der Waals surface area contributed by atoms with Gasteiger partial charge in [-0.25, -0.2) is 4.39 Å². The van der Waals surface area contributed by atoms with Crippen molar-refractivity contribution < 1.29 is 4.39 Å². The van der Waals surface area contributed by atoms with Crippen LogP contribution in [0, 0.1) is 5.82 Å². The molecule has 4 heteroatoms. The van der Waals surface area contributed by atoms with Crippen molar-refractivity contribution in [1.82, 2.24) is 15.1 Å². The van der Waals surface area contributed by atoms with Gasteiger partial charge in [-0.1, -0.05) is 26.8 Å². The van der Waals surface area contributed by atoms with Crippen molar-refractivity contribution >= 4 is 0 Å². The number of hydrogen-bond donors (Lipinski definition) is 1. The summed E-state index contributed by atoms with van der Waals surface area (Å²) in [6.45, 7) is 7.82. The molecular weight excluding hydrogens is 253 g/mol. The minimum atomic E-state index is -0.198. The van der Waals surface area contributed by atoms with Gasteiger partial charge in [0.15, 0.2) is 0 Å². The second kappa shape index (κ2) is 6.18. The first-order valence-electron chi connectivity index (χ1n) is 7.06. The molecule has 0 radical (unpaired) electrons. The third-order valence-electron chi connectivity index (χ3n) is 3.33. The highest BCUT2D eigenvalue weighted by Crippen LogP contribution is 2.31. The summed E-state index contributed by atoms with van der Waals surface area (Å²) in [5.74, 6) is 0.139. The SMILES string of the molecule is CCNCc1cc(F)ccc1-c1cn(C)nc1C(C)C. The molecule has 108 valence electrons. The van der Waals surface area contributed by atoms with Crippen molar-refractivity contribution in [3.05, 3.63) is 41.5 Å². The van der Waals surface area contributed by atoms with E-state index < -0.39 is 0 Å². The van der Waals surface area contributed by atoms with Crippen LogP contribution in [-0.2, 0) is 13.6 Å². The van der Waals surface area contributed by atoms with Gasteiger partial charge < -0.3 is 5.32 Å². The van der Waals surface area contributed by atoms with E-state index in [0.29, 0.717) is 12.5 Å². The molecule has 0 amide bonds. The molecule has 2 aromatic rings. The highest BCUT2D eigenvalue weighted by Gasteiger charge is 2.16. The zero-order valence-corrected chi connectivity index (χ0v) is 12.6. The van der Waals surface area contributed by atoms with Crippen LogP contribution in [0.3, 0.4) is 0 Å². The number of hydrogen-bond acceptors (Lipinski definition) is 2. The minimum absolute atomic E-state index is 0.198. The molecule has 0 spiro atoms. The first-order valence-corrected chi connectivity index (χ1v) is 7.06. The van der Waals surface area contributed by atoms with Crippen molar-refractivity contribution in [2.24, 2.45) is 7.05 Å². The van der Waals surface area contributed by atoms with Crippen LogP contribution in [0.15, 0.2) is 24.4 Å².